The molecule has 2 heterocycles. The molecule has 136 valence electrons. The molecule has 2 aliphatic carbocycles. The highest BCUT2D eigenvalue weighted by Crippen LogP contribution is 2.57. The van der Waals surface area contributed by atoms with Crippen LogP contribution in [0.5, 0.6) is 0 Å². The standard InChI is InChI=1S/C24H30N2/c1-17-23-16-20-19-10-13-25-14-12-24(17,2)21(19)8-9-22(20)26(23)15-11-18-6-4-3-5-7-18/h3-7,12,14,17,23,25H,8-11,13,15-16H2,1-2H3/b14-12-. The highest BCUT2D eigenvalue weighted by atomic mass is 15.2. The molecule has 5 bridgehead atoms. The zero-order chi connectivity index (χ0) is 17.7. The number of allylic oxidation sites excluding steroid dienone is 3. The summed E-state index contributed by atoms with van der Waals surface area (Å²) >= 11 is 0. The molecular weight excluding hydrogens is 316 g/mol. The largest absolute Gasteiger partial charge is 0.391 e. The normalized spacial score (nSPS) is 33.7. The van der Waals surface area contributed by atoms with E-state index >= 15 is 0 Å². The van der Waals surface area contributed by atoms with Gasteiger partial charge in [0.05, 0.1) is 0 Å². The van der Waals surface area contributed by atoms with Gasteiger partial charge < -0.3 is 10.2 Å². The number of likely N-dealkylation sites (tertiary alicyclic amines) is 1. The summed E-state index contributed by atoms with van der Waals surface area (Å²) in [5.41, 5.74) is 8.53. The molecule has 2 aliphatic heterocycles. The summed E-state index contributed by atoms with van der Waals surface area (Å²) in [5, 5.41) is 3.52. The van der Waals surface area contributed by atoms with Crippen LogP contribution in [0.2, 0.25) is 0 Å². The van der Waals surface area contributed by atoms with Gasteiger partial charge in [-0.15, -0.1) is 0 Å². The van der Waals surface area contributed by atoms with E-state index in [0.717, 1.165) is 13.0 Å². The lowest BCUT2D eigenvalue weighted by molar-refractivity contribution is 0.139. The van der Waals surface area contributed by atoms with Crippen molar-refractivity contribution in [3.8, 4) is 0 Å². The van der Waals surface area contributed by atoms with E-state index in [1.54, 1.807) is 22.4 Å². The summed E-state index contributed by atoms with van der Waals surface area (Å²) in [5.74, 6) is 0.648. The van der Waals surface area contributed by atoms with Gasteiger partial charge in [0.15, 0.2) is 0 Å². The van der Waals surface area contributed by atoms with E-state index in [9.17, 15) is 0 Å². The number of benzene rings is 1. The molecule has 1 aromatic carbocycles. The molecule has 3 unspecified atom stereocenters. The zero-order valence-corrected chi connectivity index (χ0v) is 16.1. The molecule has 0 saturated carbocycles. The van der Waals surface area contributed by atoms with E-state index in [4.69, 9.17) is 0 Å². The Hall–Kier alpha value is -1.96. The maximum atomic E-state index is 3.52. The molecule has 3 atom stereocenters. The number of hydrogen-bond acceptors (Lipinski definition) is 2. The second-order valence-electron chi connectivity index (χ2n) is 8.69. The first-order valence-electron chi connectivity index (χ1n) is 10.3. The summed E-state index contributed by atoms with van der Waals surface area (Å²) in [7, 11) is 0. The summed E-state index contributed by atoms with van der Waals surface area (Å²) in [6.07, 6.45) is 10.8. The van der Waals surface area contributed by atoms with Crippen molar-refractivity contribution in [1.29, 1.82) is 0 Å². The van der Waals surface area contributed by atoms with Crippen molar-refractivity contribution in [2.75, 3.05) is 13.1 Å². The molecule has 26 heavy (non-hydrogen) atoms. The van der Waals surface area contributed by atoms with E-state index in [0.29, 0.717) is 12.0 Å². The van der Waals surface area contributed by atoms with E-state index in [2.05, 4.69) is 66.7 Å². The predicted molar refractivity (Wildman–Crippen MR) is 108 cm³/mol. The summed E-state index contributed by atoms with van der Waals surface area (Å²) in [6, 6.07) is 11.7. The zero-order valence-electron chi connectivity index (χ0n) is 16.1. The second-order valence-corrected chi connectivity index (χ2v) is 8.69. The quantitative estimate of drug-likeness (QED) is 0.845. The van der Waals surface area contributed by atoms with Crippen LogP contribution in [0.4, 0.5) is 0 Å². The number of nitrogens with zero attached hydrogens (tertiary/aromatic N) is 1. The second kappa shape index (κ2) is 6.04. The van der Waals surface area contributed by atoms with Gasteiger partial charge in [-0.2, -0.15) is 0 Å². The Bertz CT molecular complexity index is 801. The van der Waals surface area contributed by atoms with Crippen molar-refractivity contribution in [2.24, 2.45) is 11.3 Å². The van der Waals surface area contributed by atoms with Crippen LogP contribution in [0.1, 0.15) is 45.1 Å². The third-order valence-corrected chi connectivity index (χ3v) is 7.57. The Morgan fingerprint density at radius 2 is 1.96 bits per heavy atom. The van der Waals surface area contributed by atoms with Crippen LogP contribution >= 0.6 is 0 Å². The van der Waals surface area contributed by atoms with Crippen molar-refractivity contribution >= 4 is 0 Å². The minimum Gasteiger partial charge on any atom is -0.391 e. The minimum absolute atomic E-state index is 0.201. The molecule has 0 radical (unpaired) electrons. The first-order chi connectivity index (χ1) is 12.7. The lowest BCUT2D eigenvalue weighted by Crippen LogP contribution is -2.45. The van der Waals surface area contributed by atoms with Gasteiger partial charge in [0.2, 0.25) is 0 Å². The molecule has 2 nitrogen and oxygen atoms in total. The van der Waals surface area contributed by atoms with E-state index in [1.165, 1.54) is 37.8 Å². The average molecular weight is 347 g/mol. The molecule has 0 aromatic heterocycles. The SMILES string of the molecule is CC1C2CC3=C(CCC4=C3CCN/C=C\C41C)N2CCc1ccccc1. The third-order valence-electron chi connectivity index (χ3n) is 7.57. The molecule has 0 fully saturated rings. The summed E-state index contributed by atoms with van der Waals surface area (Å²) in [4.78, 5) is 2.81. The Kier molecular flexibility index (Phi) is 3.77. The van der Waals surface area contributed by atoms with Gasteiger partial charge in [0.1, 0.15) is 0 Å². The number of hydrogen-bond donors (Lipinski definition) is 1. The van der Waals surface area contributed by atoms with Gasteiger partial charge in [0.25, 0.3) is 0 Å². The summed E-state index contributed by atoms with van der Waals surface area (Å²) in [6.45, 7) is 7.24. The molecule has 1 aromatic rings. The predicted octanol–water partition coefficient (Wildman–Crippen LogP) is 4.81. The van der Waals surface area contributed by atoms with Crippen LogP contribution in [-0.2, 0) is 6.42 Å². The van der Waals surface area contributed by atoms with E-state index in [-0.39, 0.29) is 5.41 Å². The van der Waals surface area contributed by atoms with Crippen LogP contribution in [0, 0.1) is 11.3 Å². The summed E-state index contributed by atoms with van der Waals surface area (Å²) < 4.78 is 0. The van der Waals surface area contributed by atoms with Crippen LogP contribution in [0.25, 0.3) is 0 Å². The maximum absolute atomic E-state index is 3.52. The van der Waals surface area contributed by atoms with Crippen molar-refractivity contribution in [1.82, 2.24) is 10.2 Å². The molecule has 2 heteroatoms. The molecular formula is C24H30N2. The first-order valence-corrected chi connectivity index (χ1v) is 10.3. The van der Waals surface area contributed by atoms with Crippen molar-refractivity contribution < 1.29 is 0 Å². The molecule has 0 spiro atoms. The first kappa shape index (κ1) is 16.2. The maximum Gasteiger partial charge on any atom is 0.0365 e. The van der Waals surface area contributed by atoms with E-state index in [1.807, 2.05) is 0 Å². The Balaban J connectivity index is 1.53. The monoisotopic (exact) mass is 346 g/mol. The number of fused-ring (bicyclic) bond motifs is 1. The van der Waals surface area contributed by atoms with Gasteiger partial charge in [-0.3, -0.25) is 0 Å². The molecule has 0 amide bonds. The minimum atomic E-state index is 0.201. The van der Waals surface area contributed by atoms with Crippen LogP contribution < -0.4 is 5.32 Å². The third kappa shape index (κ3) is 2.31. The smallest absolute Gasteiger partial charge is 0.0365 e. The van der Waals surface area contributed by atoms with Gasteiger partial charge in [-0.25, -0.2) is 0 Å². The molecule has 0 saturated heterocycles. The fourth-order valence-corrected chi connectivity index (χ4v) is 5.96. The fourth-order valence-electron chi connectivity index (χ4n) is 5.96. The Labute approximate surface area is 157 Å². The van der Waals surface area contributed by atoms with Crippen molar-refractivity contribution in [2.45, 2.75) is 52.0 Å². The average Bonchev–Trinajstić information content (AvgIpc) is 3.00. The van der Waals surface area contributed by atoms with Gasteiger partial charge >= 0.3 is 0 Å². The van der Waals surface area contributed by atoms with Gasteiger partial charge in [-0.05, 0) is 60.9 Å². The topological polar surface area (TPSA) is 15.3 Å². The van der Waals surface area contributed by atoms with Crippen LogP contribution in [0.3, 0.4) is 0 Å². The Morgan fingerprint density at radius 3 is 2.81 bits per heavy atom. The highest BCUT2D eigenvalue weighted by molar-refractivity contribution is 5.52. The molecule has 4 aliphatic rings. The fraction of sp³-hybridized carbons (Fsp3) is 0.500. The van der Waals surface area contributed by atoms with E-state index < -0.39 is 0 Å². The molecule has 1 N–H and O–H groups in total. The van der Waals surface area contributed by atoms with Crippen molar-refractivity contribution in [3.63, 3.8) is 0 Å². The molecule has 5 rings (SSSR count). The van der Waals surface area contributed by atoms with Crippen LogP contribution in [0.15, 0.2) is 65.0 Å². The highest BCUT2D eigenvalue weighted by Gasteiger charge is 2.50. The van der Waals surface area contributed by atoms with Gasteiger partial charge in [-0.1, -0.05) is 55.8 Å². The number of nitrogens with one attached hydrogen (secondary N) is 1. The van der Waals surface area contributed by atoms with Crippen LogP contribution in [-0.4, -0.2) is 24.0 Å². The van der Waals surface area contributed by atoms with Gasteiger partial charge in [0, 0.05) is 30.2 Å². The lowest BCUT2D eigenvalue weighted by Gasteiger charge is -2.47. The number of rotatable bonds is 3. The van der Waals surface area contributed by atoms with Crippen molar-refractivity contribution in [3.05, 3.63) is 70.6 Å². The lowest BCUT2D eigenvalue weighted by atomic mass is 9.65. The Morgan fingerprint density at radius 1 is 1.12 bits per heavy atom.